The van der Waals surface area contributed by atoms with E-state index in [-0.39, 0.29) is 17.0 Å². The SMILES string of the molecule is CCN(c1cccc(C)c1)S(=O)(=O)c1ccc(F)c(C(=O)Nc2cccc(C)c2C)c1. The Balaban J connectivity index is 1.99. The summed E-state index contributed by atoms with van der Waals surface area (Å²) in [6.07, 6.45) is 0. The Morgan fingerprint density at radius 2 is 1.71 bits per heavy atom. The minimum absolute atomic E-state index is 0.150. The van der Waals surface area contributed by atoms with Gasteiger partial charge in [-0.05, 0) is 80.8 Å². The smallest absolute Gasteiger partial charge is 0.264 e. The summed E-state index contributed by atoms with van der Waals surface area (Å²) in [5.41, 5.74) is 3.48. The number of amides is 1. The van der Waals surface area contributed by atoms with E-state index in [1.165, 1.54) is 10.4 Å². The zero-order valence-electron chi connectivity index (χ0n) is 17.9. The lowest BCUT2D eigenvalue weighted by Crippen LogP contribution is -2.31. The second-order valence-corrected chi connectivity index (χ2v) is 9.21. The fourth-order valence-electron chi connectivity index (χ4n) is 3.32. The number of benzene rings is 3. The largest absolute Gasteiger partial charge is 0.322 e. The van der Waals surface area contributed by atoms with Crippen molar-refractivity contribution in [2.24, 2.45) is 0 Å². The number of nitrogens with one attached hydrogen (secondary N) is 1. The van der Waals surface area contributed by atoms with Crippen LogP contribution in [0.5, 0.6) is 0 Å². The van der Waals surface area contributed by atoms with Gasteiger partial charge in [0.05, 0.1) is 16.1 Å². The normalized spacial score (nSPS) is 11.3. The highest BCUT2D eigenvalue weighted by Gasteiger charge is 2.26. The van der Waals surface area contributed by atoms with Crippen molar-refractivity contribution in [3.05, 3.63) is 88.7 Å². The maximum atomic E-state index is 14.5. The number of carbonyl (C=O) groups excluding carboxylic acids is 1. The monoisotopic (exact) mass is 440 g/mol. The summed E-state index contributed by atoms with van der Waals surface area (Å²) in [7, 11) is -3.99. The number of nitrogens with zero attached hydrogens (tertiary/aromatic N) is 1. The first kappa shape index (κ1) is 22.5. The molecule has 0 aliphatic carbocycles. The number of aryl methyl sites for hydroxylation is 2. The van der Waals surface area contributed by atoms with Gasteiger partial charge in [-0.25, -0.2) is 12.8 Å². The second-order valence-electron chi connectivity index (χ2n) is 7.35. The summed E-state index contributed by atoms with van der Waals surface area (Å²) < 4.78 is 42.3. The molecule has 3 aromatic carbocycles. The first-order valence-corrected chi connectivity index (χ1v) is 11.4. The van der Waals surface area contributed by atoms with Crippen LogP contribution in [0.1, 0.15) is 34.0 Å². The van der Waals surface area contributed by atoms with Crippen molar-refractivity contribution in [3.63, 3.8) is 0 Å². The van der Waals surface area contributed by atoms with Gasteiger partial charge in [0.25, 0.3) is 15.9 Å². The topological polar surface area (TPSA) is 66.5 Å². The molecule has 5 nitrogen and oxygen atoms in total. The highest BCUT2D eigenvalue weighted by Crippen LogP contribution is 2.26. The van der Waals surface area contributed by atoms with Crippen molar-refractivity contribution in [3.8, 4) is 0 Å². The molecule has 0 fully saturated rings. The van der Waals surface area contributed by atoms with E-state index in [0.29, 0.717) is 11.4 Å². The molecule has 31 heavy (non-hydrogen) atoms. The quantitative estimate of drug-likeness (QED) is 0.572. The summed E-state index contributed by atoms with van der Waals surface area (Å²) >= 11 is 0. The lowest BCUT2D eigenvalue weighted by Gasteiger charge is -2.23. The Bertz CT molecular complexity index is 1240. The fraction of sp³-hybridized carbons (Fsp3) is 0.208. The summed E-state index contributed by atoms with van der Waals surface area (Å²) in [6.45, 7) is 7.54. The Labute approximate surface area is 182 Å². The molecule has 1 amide bonds. The van der Waals surface area contributed by atoms with Crippen LogP contribution in [0.2, 0.25) is 0 Å². The zero-order valence-corrected chi connectivity index (χ0v) is 18.8. The maximum Gasteiger partial charge on any atom is 0.264 e. The molecule has 162 valence electrons. The van der Waals surface area contributed by atoms with E-state index in [1.807, 2.05) is 32.9 Å². The highest BCUT2D eigenvalue weighted by molar-refractivity contribution is 7.92. The average Bonchev–Trinajstić information content (AvgIpc) is 2.72. The molecule has 0 saturated carbocycles. The molecular formula is C24H25FN2O3S. The van der Waals surface area contributed by atoms with Gasteiger partial charge < -0.3 is 5.32 Å². The number of anilines is 2. The number of hydrogen-bond donors (Lipinski definition) is 1. The number of sulfonamides is 1. The lowest BCUT2D eigenvalue weighted by molar-refractivity contribution is 0.102. The number of hydrogen-bond acceptors (Lipinski definition) is 3. The summed E-state index contributed by atoms with van der Waals surface area (Å²) in [5.74, 6) is -1.50. The molecule has 0 bridgehead atoms. The van der Waals surface area contributed by atoms with Gasteiger partial charge in [-0.2, -0.15) is 0 Å². The standard InChI is InChI=1S/C24H25FN2O3S/c1-5-27(19-10-6-8-16(2)14-19)31(29,30)20-12-13-22(25)21(15-20)24(28)26-23-11-7-9-17(3)18(23)4/h6-15H,5H2,1-4H3,(H,26,28). The van der Waals surface area contributed by atoms with Crippen LogP contribution < -0.4 is 9.62 Å². The van der Waals surface area contributed by atoms with Crippen LogP contribution in [0, 0.1) is 26.6 Å². The van der Waals surface area contributed by atoms with E-state index in [9.17, 15) is 17.6 Å². The minimum Gasteiger partial charge on any atom is -0.322 e. The van der Waals surface area contributed by atoms with Crippen LogP contribution in [0.15, 0.2) is 65.6 Å². The molecular weight excluding hydrogens is 415 g/mol. The third-order valence-electron chi connectivity index (χ3n) is 5.20. The minimum atomic E-state index is -3.99. The molecule has 0 aliphatic heterocycles. The van der Waals surface area contributed by atoms with Crippen molar-refractivity contribution in [1.82, 2.24) is 0 Å². The van der Waals surface area contributed by atoms with Gasteiger partial charge in [0.2, 0.25) is 0 Å². The number of halogens is 1. The number of carbonyl (C=O) groups is 1. The molecule has 0 radical (unpaired) electrons. The van der Waals surface area contributed by atoms with Crippen LogP contribution in [0.25, 0.3) is 0 Å². The highest BCUT2D eigenvalue weighted by atomic mass is 32.2. The van der Waals surface area contributed by atoms with Gasteiger partial charge in [-0.15, -0.1) is 0 Å². The molecule has 0 aromatic heterocycles. The predicted octanol–water partition coefficient (Wildman–Crippen LogP) is 5.22. The van der Waals surface area contributed by atoms with Crippen LogP contribution in [0.3, 0.4) is 0 Å². The first-order chi connectivity index (χ1) is 14.6. The van der Waals surface area contributed by atoms with E-state index in [1.54, 1.807) is 37.3 Å². The van der Waals surface area contributed by atoms with Gasteiger partial charge in [-0.1, -0.05) is 24.3 Å². The maximum absolute atomic E-state index is 14.5. The van der Waals surface area contributed by atoms with Crippen LogP contribution in [-0.4, -0.2) is 20.9 Å². The van der Waals surface area contributed by atoms with Crippen LogP contribution in [0.4, 0.5) is 15.8 Å². The van der Waals surface area contributed by atoms with Crippen LogP contribution in [-0.2, 0) is 10.0 Å². The van der Waals surface area contributed by atoms with Crippen molar-refractivity contribution < 1.29 is 17.6 Å². The summed E-state index contributed by atoms with van der Waals surface area (Å²) in [4.78, 5) is 12.6. The van der Waals surface area contributed by atoms with Gasteiger partial charge in [-0.3, -0.25) is 9.10 Å². The van der Waals surface area contributed by atoms with Crippen LogP contribution >= 0.6 is 0 Å². The Hall–Kier alpha value is -3.19. The molecule has 3 rings (SSSR count). The molecule has 0 saturated heterocycles. The first-order valence-electron chi connectivity index (χ1n) is 9.91. The fourth-order valence-corrected chi connectivity index (χ4v) is 4.81. The Morgan fingerprint density at radius 3 is 2.39 bits per heavy atom. The van der Waals surface area contributed by atoms with Crippen molar-refractivity contribution >= 4 is 27.3 Å². The average molecular weight is 441 g/mol. The molecule has 1 N–H and O–H groups in total. The third kappa shape index (κ3) is 4.61. The number of rotatable bonds is 6. The van der Waals surface area contributed by atoms with E-state index in [0.717, 1.165) is 28.8 Å². The second kappa shape index (κ2) is 8.89. The predicted molar refractivity (Wildman–Crippen MR) is 122 cm³/mol. The zero-order chi connectivity index (χ0) is 22.8. The van der Waals surface area contributed by atoms with E-state index < -0.39 is 21.7 Å². The van der Waals surface area contributed by atoms with Crippen molar-refractivity contribution in [1.29, 1.82) is 0 Å². The van der Waals surface area contributed by atoms with E-state index in [4.69, 9.17) is 0 Å². The van der Waals surface area contributed by atoms with Gasteiger partial charge >= 0.3 is 0 Å². The van der Waals surface area contributed by atoms with Gasteiger partial charge in [0.15, 0.2) is 0 Å². The molecule has 0 spiro atoms. The van der Waals surface area contributed by atoms with Crippen molar-refractivity contribution in [2.75, 3.05) is 16.2 Å². The van der Waals surface area contributed by atoms with Crippen molar-refractivity contribution in [2.45, 2.75) is 32.6 Å². The van der Waals surface area contributed by atoms with E-state index in [2.05, 4.69) is 5.32 Å². The lowest BCUT2D eigenvalue weighted by atomic mass is 10.1. The van der Waals surface area contributed by atoms with Gasteiger partial charge in [0, 0.05) is 12.2 Å². The molecule has 0 heterocycles. The van der Waals surface area contributed by atoms with Gasteiger partial charge in [0.1, 0.15) is 5.82 Å². The molecule has 7 heteroatoms. The van der Waals surface area contributed by atoms with E-state index >= 15 is 0 Å². The summed E-state index contributed by atoms with van der Waals surface area (Å²) in [5, 5.41) is 2.68. The molecule has 0 unspecified atom stereocenters. The Morgan fingerprint density at radius 1 is 1.00 bits per heavy atom. The summed E-state index contributed by atoms with van der Waals surface area (Å²) in [6, 6.07) is 15.8. The molecule has 3 aromatic rings. The molecule has 0 atom stereocenters. The molecule has 0 aliphatic rings. The third-order valence-corrected chi connectivity index (χ3v) is 7.10. The Kier molecular flexibility index (Phi) is 6.45.